The first-order valence-corrected chi connectivity index (χ1v) is 6.36. The highest BCUT2D eigenvalue weighted by Crippen LogP contribution is 2.40. The molecule has 20 heavy (non-hydrogen) atoms. The number of hydrogen-bond acceptors (Lipinski definition) is 5. The van der Waals surface area contributed by atoms with Gasteiger partial charge in [-0.1, -0.05) is 12.1 Å². The van der Waals surface area contributed by atoms with Crippen molar-refractivity contribution in [3.8, 4) is 17.2 Å². The van der Waals surface area contributed by atoms with E-state index in [4.69, 9.17) is 14.2 Å². The first-order valence-electron chi connectivity index (χ1n) is 6.36. The third-order valence-electron chi connectivity index (χ3n) is 3.17. The van der Waals surface area contributed by atoms with Gasteiger partial charge >= 0.3 is 0 Å². The van der Waals surface area contributed by atoms with Gasteiger partial charge in [-0.05, 0) is 18.2 Å². The van der Waals surface area contributed by atoms with Crippen LogP contribution in [0.2, 0.25) is 0 Å². The summed E-state index contributed by atoms with van der Waals surface area (Å²) in [6.45, 7) is 0.982. The van der Waals surface area contributed by atoms with Gasteiger partial charge in [0.05, 0.1) is 7.11 Å². The van der Waals surface area contributed by atoms with Crippen molar-refractivity contribution >= 4 is 0 Å². The third-order valence-corrected chi connectivity index (χ3v) is 3.17. The Bertz CT molecular complexity index is 615. The molecule has 0 saturated carbocycles. The minimum Gasteiger partial charge on any atom is -0.495 e. The van der Waals surface area contributed by atoms with Crippen molar-refractivity contribution in [1.29, 1.82) is 0 Å². The van der Waals surface area contributed by atoms with Gasteiger partial charge in [0.1, 0.15) is 30.8 Å². The second-order valence-corrected chi connectivity index (χ2v) is 4.36. The monoisotopic (exact) mass is 273 g/mol. The van der Waals surface area contributed by atoms with Crippen LogP contribution in [0, 0.1) is 0 Å². The summed E-state index contributed by atoms with van der Waals surface area (Å²) in [5.41, 5.74) is 1.08. The van der Waals surface area contributed by atoms with E-state index in [2.05, 4.69) is 4.98 Å². The van der Waals surface area contributed by atoms with Gasteiger partial charge in [-0.3, -0.25) is 4.98 Å². The quantitative estimate of drug-likeness (QED) is 0.926. The predicted octanol–water partition coefficient (Wildman–Crippen LogP) is 1.94. The number of aliphatic hydroxyl groups is 1. The number of ether oxygens (including phenoxy) is 3. The molecule has 0 fully saturated rings. The molecule has 1 aromatic heterocycles. The molecule has 0 saturated heterocycles. The lowest BCUT2D eigenvalue weighted by molar-refractivity contribution is 0.156. The zero-order valence-electron chi connectivity index (χ0n) is 11.1. The van der Waals surface area contributed by atoms with Gasteiger partial charge in [0.25, 0.3) is 0 Å². The van der Waals surface area contributed by atoms with Crippen LogP contribution in [-0.2, 0) is 0 Å². The molecule has 0 aliphatic carbocycles. The van der Waals surface area contributed by atoms with Gasteiger partial charge in [-0.25, -0.2) is 0 Å². The van der Waals surface area contributed by atoms with E-state index < -0.39 is 6.10 Å². The van der Waals surface area contributed by atoms with Crippen molar-refractivity contribution in [3.63, 3.8) is 0 Å². The molecule has 3 rings (SSSR count). The molecule has 1 aliphatic heterocycles. The van der Waals surface area contributed by atoms with E-state index >= 15 is 0 Å². The number of hydrogen-bond donors (Lipinski definition) is 1. The van der Waals surface area contributed by atoms with Crippen molar-refractivity contribution in [2.75, 3.05) is 20.3 Å². The number of pyridine rings is 1. The molecule has 2 heterocycles. The maximum Gasteiger partial charge on any atom is 0.167 e. The largest absolute Gasteiger partial charge is 0.495 e. The number of methoxy groups -OCH3 is 1. The number of benzene rings is 1. The maximum absolute atomic E-state index is 10.6. The summed E-state index contributed by atoms with van der Waals surface area (Å²) in [7, 11) is 1.55. The summed E-state index contributed by atoms with van der Waals surface area (Å²) < 4.78 is 16.4. The molecule has 0 radical (unpaired) electrons. The molecular weight excluding hydrogens is 258 g/mol. The molecule has 1 aromatic carbocycles. The number of fused-ring (bicyclic) bond motifs is 1. The molecule has 0 bridgehead atoms. The van der Waals surface area contributed by atoms with Gasteiger partial charge in [-0.2, -0.15) is 0 Å². The van der Waals surface area contributed by atoms with E-state index in [1.807, 2.05) is 12.1 Å². The Morgan fingerprint density at radius 2 is 2.05 bits per heavy atom. The molecular formula is C15H15NO4. The number of nitrogens with zero attached hydrogens (tertiary/aromatic N) is 1. The smallest absolute Gasteiger partial charge is 0.167 e. The standard InChI is InChI=1S/C15H15NO4/c1-18-11-6-3-7-16-13(11)14(17)10-4-2-5-12-15(10)20-9-8-19-12/h2-7,14,17H,8-9H2,1H3. The van der Waals surface area contributed by atoms with Gasteiger partial charge in [0.2, 0.25) is 0 Å². The zero-order chi connectivity index (χ0) is 13.9. The minimum absolute atomic E-state index is 0.456. The van der Waals surface area contributed by atoms with Crippen LogP contribution in [0.4, 0.5) is 0 Å². The Hall–Kier alpha value is -2.27. The van der Waals surface area contributed by atoms with Crippen molar-refractivity contribution in [2.24, 2.45) is 0 Å². The van der Waals surface area contributed by atoms with Crippen LogP contribution in [0.3, 0.4) is 0 Å². The van der Waals surface area contributed by atoms with E-state index in [9.17, 15) is 5.11 Å². The van der Waals surface area contributed by atoms with Crippen molar-refractivity contribution in [3.05, 3.63) is 47.8 Å². The molecule has 5 nitrogen and oxygen atoms in total. The Morgan fingerprint density at radius 1 is 1.20 bits per heavy atom. The van der Waals surface area contributed by atoms with Crippen LogP contribution in [0.25, 0.3) is 0 Å². The van der Waals surface area contributed by atoms with E-state index in [0.717, 1.165) is 0 Å². The second-order valence-electron chi connectivity index (χ2n) is 4.36. The highest BCUT2D eigenvalue weighted by molar-refractivity contribution is 5.51. The topological polar surface area (TPSA) is 60.8 Å². The lowest BCUT2D eigenvalue weighted by Gasteiger charge is -2.23. The van der Waals surface area contributed by atoms with Crippen LogP contribution >= 0.6 is 0 Å². The molecule has 104 valence electrons. The van der Waals surface area contributed by atoms with E-state index in [1.165, 1.54) is 0 Å². The van der Waals surface area contributed by atoms with E-state index in [-0.39, 0.29) is 0 Å². The third kappa shape index (κ3) is 2.16. The Balaban J connectivity index is 2.04. The SMILES string of the molecule is COc1cccnc1C(O)c1cccc2c1OCCO2. The van der Waals surface area contributed by atoms with Crippen LogP contribution in [0.15, 0.2) is 36.5 Å². The molecule has 1 unspecified atom stereocenters. The lowest BCUT2D eigenvalue weighted by Crippen LogP contribution is -2.18. The Morgan fingerprint density at radius 3 is 2.90 bits per heavy atom. The fourth-order valence-corrected chi connectivity index (χ4v) is 2.24. The lowest BCUT2D eigenvalue weighted by atomic mass is 10.0. The number of para-hydroxylation sites is 1. The van der Waals surface area contributed by atoms with Crippen LogP contribution in [0.1, 0.15) is 17.4 Å². The normalized spacial score (nSPS) is 14.7. The Kier molecular flexibility index (Phi) is 3.43. The molecule has 0 spiro atoms. The highest BCUT2D eigenvalue weighted by atomic mass is 16.6. The molecule has 0 amide bonds. The molecule has 1 N–H and O–H groups in total. The summed E-state index contributed by atoms with van der Waals surface area (Å²) >= 11 is 0. The average molecular weight is 273 g/mol. The molecule has 5 heteroatoms. The summed E-state index contributed by atoms with van der Waals surface area (Å²) in [4.78, 5) is 4.20. The second kappa shape index (κ2) is 5.38. The van der Waals surface area contributed by atoms with E-state index in [1.54, 1.807) is 31.5 Å². The number of aromatic nitrogens is 1. The van der Waals surface area contributed by atoms with Crippen molar-refractivity contribution in [1.82, 2.24) is 4.98 Å². The average Bonchev–Trinajstić information content (AvgIpc) is 2.53. The number of rotatable bonds is 3. The summed E-state index contributed by atoms with van der Waals surface area (Å²) in [5, 5.41) is 10.6. The maximum atomic E-state index is 10.6. The van der Waals surface area contributed by atoms with E-state index in [0.29, 0.717) is 41.7 Å². The van der Waals surface area contributed by atoms with Crippen molar-refractivity contribution < 1.29 is 19.3 Å². The minimum atomic E-state index is -0.928. The molecule has 2 aromatic rings. The summed E-state index contributed by atoms with van der Waals surface area (Å²) in [6, 6.07) is 8.96. The fraction of sp³-hybridized carbons (Fsp3) is 0.267. The Labute approximate surface area is 116 Å². The number of aliphatic hydroxyl groups excluding tert-OH is 1. The van der Waals surface area contributed by atoms with Crippen LogP contribution in [-0.4, -0.2) is 30.4 Å². The van der Waals surface area contributed by atoms with Gasteiger partial charge in [-0.15, -0.1) is 0 Å². The van der Waals surface area contributed by atoms with Gasteiger partial charge in [0, 0.05) is 11.8 Å². The molecule has 1 aliphatic rings. The zero-order valence-corrected chi connectivity index (χ0v) is 11.1. The first kappa shape index (κ1) is 12.7. The summed E-state index contributed by atoms with van der Waals surface area (Å²) in [6.07, 6.45) is 0.691. The summed E-state index contributed by atoms with van der Waals surface area (Å²) in [5.74, 6) is 1.75. The van der Waals surface area contributed by atoms with Crippen LogP contribution < -0.4 is 14.2 Å². The van der Waals surface area contributed by atoms with Crippen LogP contribution in [0.5, 0.6) is 17.2 Å². The predicted molar refractivity (Wildman–Crippen MR) is 72.3 cm³/mol. The van der Waals surface area contributed by atoms with Gasteiger partial charge < -0.3 is 19.3 Å². The highest BCUT2D eigenvalue weighted by Gasteiger charge is 2.24. The first-order chi connectivity index (χ1) is 9.81. The molecule has 1 atom stereocenters. The van der Waals surface area contributed by atoms with Gasteiger partial charge in [0.15, 0.2) is 11.5 Å². The fourth-order valence-electron chi connectivity index (χ4n) is 2.24. The van der Waals surface area contributed by atoms with Crippen molar-refractivity contribution in [2.45, 2.75) is 6.10 Å².